The molecule has 0 atom stereocenters. The van der Waals surface area contributed by atoms with Crippen molar-refractivity contribution in [2.24, 2.45) is 18.9 Å². The molecule has 3 heterocycles. The lowest BCUT2D eigenvalue weighted by molar-refractivity contribution is 0.0943. The van der Waals surface area contributed by atoms with Crippen LogP contribution in [-0.4, -0.2) is 64.9 Å². The molecule has 2 aromatic carbocycles. The Kier molecular flexibility index (Phi) is 8.71. The SMILES string of the molecule is COc1cc(OCC2CC2)cc(C(=O)NCC2CCN(c3ccnc(-c4cccc(C(=O)Nc5ccn(C)n5)c4)n3)CC2)c1. The molecule has 1 aliphatic carbocycles. The van der Waals surface area contributed by atoms with Gasteiger partial charge in [0.25, 0.3) is 11.8 Å². The van der Waals surface area contributed by atoms with E-state index in [1.54, 1.807) is 61.6 Å². The third-order valence-electron chi connectivity index (χ3n) is 8.03. The zero-order valence-electron chi connectivity index (χ0n) is 25.0. The van der Waals surface area contributed by atoms with Crippen molar-refractivity contribution in [3.05, 3.63) is 78.1 Å². The van der Waals surface area contributed by atoms with Gasteiger partial charge in [0.15, 0.2) is 11.6 Å². The molecule has 6 rings (SSSR count). The van der Waals surface area contributed by atoms with Crippen molar-refractivity contribution in [1.82, 2.24) is 25.1 Å². The summed E-state index contributed by atoms with van der Waals surface area (Å²) in [5.74, 6) is 3.79. The van der Waals surface area contributed by atoms with Crippen molar-refractivity contribution in [3.8, 4) is 22.9 Å². The summed E-state index contributed by atoms with van der Waals surface area (Å²) >= 11 is 0. The highest BCUT2D eigenvalue weighted by Gasteiger charge is 2.24. The summed E-state index contributed by atoms with van der Waals surface area (Å²) in [7, 11) is 3.39. The molecule has 11 nitrogen and oxygen atoms in total. The molecular weight excluding hydrogens is 558 g/mol. The zero-order valence-corrected chi connectivity index (χ0v) is 25.0. The number of hydrogen-bond acceptors (Lipinski definition) is 8. The maximum Gasteiger partial charge on any atom is 0.256 e. The monoisotopic (exact) mass is 595 g/mol. The Bertz CT molecular complexity index is 1630. The van der Waals surface area contributed by atoms with E-state index in [2.05, 4.69) is 25.6 Å². The lowest BCUT2D eigenvalue weighted by Gasteiger charge is -2.33. The average Bonchev–Trinajstić information content (AvgIpc) is 3.81. The number of carbonyl (C=O) groups excluding carboxylic acids is 2. The summed E-state index contributed by atoms with van der Waals surface area (Å²) in [5, 5.41) is 10.1. The highest BCUT2D eigenvalue weighted by Crippen LogP contribution is 2.31. The quantitative estimate of drug-likeness (QED) is 0.259. The van der Waals surface area contributed by atoms with Crippen LogP contribution in [0.5, 0.6) is 11.5 Å². The van der Waals surface area contributed by atoms with Gasteiger partial charge in [0.2, 0.25) is 0 Å². The van der Waals surface area contributed by atoms with Gasteiger partial charge >= 0.3 is 0 Å². The first kappa shape index (κ1) is 29.2. The number of methoxy groups -OCH3 is 1. The Labute approximate surface area is 256 Å². The Morgan fingerprint density at radius 2 is 1.75 bits per heavy atom. The number of carbonyl (C=O) groups is 2. The van der Waals surface area contributed by atoms with Gasteiger partial charge in [-0.1, -0.05) is 12.1 Å². The number of aromatic nitrogens is 4. The fourth-order valence-corrected chi connectivity index (χ4v) is 5.24. The van der Waals surface area contributed by atoms with Gasteiger partial charge in [-0.05, 0) is 67.9 Å². The summed E-state index contributed by atoms with van der Waals surface area (Å²) in [6.07, 6.45) is 7.79. The van der Waals surface area contributed by atoms with E-state index in [9.17, 15) is 9.59 Å². The van der Waals surface area contributed by atoms with Gasteiger partial charge in [-0.3, -0.25) is 14.3 Å². The Balaban J connectivity index is 1.03. The van der Waals surface area contributed by atoms with Crippen LogP contribution in [0.3, 0.4) is 0 Å². The molecule has 228 valence electrons. The molecule has 1 saturated heterocycles. The number of rotatable bonds is 11. The van der Waals surface area contributed by atoms with Crippen LogP contribution in [-0.2, 0) is 7.05 Å². The highest BCUT2D eigenvalue weighted by atomic mass is 16.5. The molecule has 1 saturated carbocycles. The number of nitrogens with one attached hydrogen (secondary N) is 2. The number of nitrogens with zero attached hydrogens (tertiary/aromatic N) is 5. The van der Waals surface area contributed by atoms with Crippen molar-refractivity contribution in [1.29, 1.82) is 0 Å². The highest BCUT2D eigenvalue weighted by molar-refractivity contribution is 6.04. The number of hydrogen-bond donors (Lipinski definition) is 2. The van der Waals surface area contributed by atoms with Gasteiger partial charge < -0.3 is 25.0 Å². The molecule has 2 aromatic heterocycles. The fourth-order valence-electron chi connectivity index (χ4n) is 5.24. The first-order chi connectivity index (χ1) is 21.4. The van der Waals surface area contributed by atoms with Crippen LogP contribution >= 0.6 is 0 Å². The lowest BCUT2D eigenvalue weighted by atomic mass is 9.96. The second-order valence-electron chi connectivity index (χ2n) is 11.4. The number of anilines is 2. The summed E-state index contributed by atoms with van der Waals surface area (Å²) < 4.78 is 12.9. The molecule has 4 aromatic rings. The van der Waals surface area contributed by atoms with Crippen LogP contribution in [0.15, 0.2) is 67.0 Å². The van der Waals surface area contributed by atoms with E-state index >= 15 is 0 Å². The van der Waals surface area contributed by atoms with Crippen LogP contribution in [0.1, 0.15) is 46.4 Å². The van der Waals surface area contributed by atoms with Crippen LogP contribution in [0.25, 0.3) is 11.4 Å². The lowest BCUT2D eigenvalue weighted by Crippen LogP contribution is -2.39. The van der Waals surface area contributed by atoms with Gasteiger partial charge in [0, 0.05) is 67.9 Å². The molecule has 2 amide bonds. The molecule has 0 radical (unpaired) electrons. The average molecular weight is 596 g/mol. The first-order valence-electron chi connectivity index (χ1n) is 15.0. The predicted octanol–water partition coefficient (Wildman–Crippen LogP) is 4.57. The summed E-state index contributed by atoms with van der Waals surface area (Å²) in [5.41, 5.74) is 1.80. The third kappa shape index (κ3) is 7.34. The minimum absolute atomic E-state index is 0.126. The molecule has 2 aliphatic rings. The Hall–Kier alpha value is -4.93. The van der Waals surface area contributed by atoms with E-state index in [4.69, 9.17) is 14.5 Å². The van der Waals surface area contributed by atoms with E-state index < -0.39 is 0 Å². The van der Waals surface area contributed by atoms with Gasteiger partial charge in [-0.25, -0.2) is 9.97 Å². The van der Waals surface area contributed by atoms with E-state index in [0.717, 1.165) is 37.3 Å². The minimum atomic E-state index is -0.246. The summed E-state index contributed by atoms with van der Waals surface area (Å²) in [4.78, 5) is 37.3. The Morgan fingerprint density at radius 1 is 0.932 bits per heavy atom. The van der Waals surface area contributed by atoms with Crippen molar-refractivity contribution in [2.45, 2.75) is 25.7 Å². The summed E-state index contributed by atoms with van der Waals surface area (Å²) in [6.45, 7) is 2.92. The topological polar surface area (TPSA) is 124 Å². The largest absolute Gasteiger partial charge is 0.497 e. The molecule has 0 spiro atoms. The number of amides is 2. The number of piperidine rings is 1. The van der Waals surface area contributed by atoms with Crippen molar-refractivity contribution in [2.75, 3.05) is 43.6 Å². The maximum absolute atomic E-state index is 13.0. The van der Waals surface area contributed by atoms with Gasteiger partial charge in [-0.15, -0.1) is 0 Å². The predicted molar refractivity (Wildman–Crippen MR) is 167 cm³/mol. The number of aryl methyl sites for hydroxylation is 1. The maximum atomic E-state index is 13.0. The zero-order chi connectivity index (χ0) is 30.5. The van der Waals surface area contributed by atoms with Gasteiger partial charge in [0.05, 0.1) is 13.7 Å². The number of benzene rings is 2. The molecule has 44 heavy (non-hydrogen) atoms. The molecule has 0 unspecified atom stereocenters. The molecule has 0 bridgehead atoms. The van der Waals surface area contributed by atoms with Crippen molar-refractivity contribution >= 4 is 23.5 Å². The number of ether oxygens (including phenoxy) is 2. The fraction of sp³-hybridized carbons (Fsp3) is 0.364. The minimum Gasteiger partial charge on any atom is -0.497 e. The van der Waals surface area contributed by atoms with Crippen LogP contribution in [0, 0.1) is 11.8 Å². The van der Waals surface area contributed by atoms with Crippen molar-refractivity contribution < 1.29 is 19.1 Å². The van der Waals surface area contributed by atoms with Crippen LogP contribution < -0.4 is 25.0 Å². The normalized spacial score (nSPS) is 15.1. The second kappa shape index (κ2) is 13.2. The van der Waals surface area contributed by atoms with Crippen molar-refractivity contribution in [3.63, 3.8) is 0 Å². The molecule has 11 heteroatoms. The van der Waals surface area contributed by atoms with E-state index in [0.29, 0.717) is 59.3 Å². The van der Waals surface area contributed by atoms with Gasteiger partial charge in [0.1, 0.15) is 17.3 Å². The molecule has 1 aliphatic heterocycles. The van der Waals surface area contributed by atoms with Crippen LogP contribution in [0.2, 0.25) is 0 Å². The smallest absolute Gasteiger partial charge is 0.256 e. The van der Waals surface area contributed by atoms with Crippen LogP contribution in [0.4, 0.5) is 11.6 Å². The van der Waals surface area contributed by atoms with E-state index in [1.165, 1.54) is 12.8 Å². The first-order valence-corrected chi connectivity index (χ1v) is 15.0. The second-order valence-corrected chi connectivity index (χ2v) is 11.4. The molecular formula is C33H37N7O4. The Morgan fingerprint density at radius 3 is 2.50 bits per heavy atom. The standard InChI is InChI=1S/C33H37N7O4/c1-39-13-11-29(38-39)36-33(42)25-5-3-4-24(16-25)31-34-12-8-30(37-31)40-14-9-22(10-15-40)20-35-32(41)26-17-27(43-2)19-28(18-26)44-21-23-6-7-23/h3-5,8,11-13,16-19,22-23H,6-7,9-10,14-15,20-21H2,1-2H3,(H,35,41)(H,36,38,42). The molecule has 2 N–H and O–H groups in total. The summed E-state index contributed by atoms with van der Waals surface area (Å²) in [6, 6.07) is 16.3. The van der Waals surface area contributed by atoms with Gasteiger partial charge in [-0.2, -0.15) is 5.10 Å². The van der Waals surface area contributed by atoms with E-state index in [1.807, 2.05) is 24.3 Å². The van der Waals surface area contributed by atoms with E-state index in [-0.39, 0.29) is 11.8 Å². The molecule has 2 fully saturated rings. The third-order valence-corrected chi connectivity index (χ3v) is 8.03.